The number of amides is 1. The molecular weight excluding hydrogens is 252 g/mol. The molecule has 1 aliphatic heterocycles. The third-order valence-corrected chi connectivity index (χ3v) is 3.20. The molecule has 1 aliphatic rings. The Balaban J connectivity index is 0. The van der Waals surface area contributed by atoms with Gasteiger partial charge in [-0.2, -0.15) is 0 Å². The van der Waals surface area contributed by atoms with Crippen LogP contribution in [0, 0.1) is 5.41 Å². The highest BCUT2D eigenvalue weighted by molar-refractivity contribution is 5.86. The number of oxime groups is 1. The second kappa shape index (κ2) is 8.28. The summed E-state index contributed by atoms with van der Waals surface area (Å²) < 4.78 is 0. The Kier molecular flexibility index (Phi) is 8.79. The van der Waals surface area contributed by atoms with E-state index < -0.39 is 0 Å². The van der Waals surface area contributed by atoms with Crippen molar-refractivity contribution in [3.8, 4) is 0 Å². The second-order valence-corrected chi connectivity index (χ2v) is 6.93. The van der Waals surface area contributed by atoms with Crippen molar-refractivity contribution >= 4 is 11.6 Å². The molecule has 0 aromatic carbocycles. The predicted octanol–water partition coefficient (Wildman–Crippen LogP) is 4.10. The van der Waals surface area contributed by atoms with Crippen LogP contribution in [0.5, 0.6) is 0 Å². The van der Waals surface area contributed by atoms with Gasteiger partial charge < -0.3 is 9.74 Å². The Hall–Kier alpha value is -1.06. The van der Waals surface area contributed by atoms with Crippen LogP contribution < -0.4 is 0 Å². The van der Waals surface area contributed by atoms with E-state index in [0.717, 1.165) is 25.1 Å². The zero-order valence-corrected chi connectivity index (χ0v) is 13.8. The number of carbonyl (C=O) groups is 1. The van der Waals surface area contributed by atoms with E-state index in [1.54, 1.807) is 7.11 Å². The molecule has 0 aromatic rings. The summed E-state index contributed by atoms with van der Waals surface area (Å²) in [5.41, 5.74) is 1.19. The van der Waals surface area contributed by atoms with Gasteiger partial charge in [0, 0.05) is 23.9 Å². The van der Waals surface area contributed by atoms with Gasteiger partial charge in [0.2, 0.25) is 5.91 Å². The van der Waals surface area contributed by atoms with Crippen molar-refractivity contribution in [2.24, 2.45) is 10.6 Å². The first-order chi connectivity index (χ1) is 8.50. The number of carbonyl (C=O) groups excluding carboxylic acids is 1. The lowest BCUT2D eigenvalue weighted by Crippen LogP contribution is -2.41. The molecule has 0 aliphatic carbocycles. The lowest BCUT2D eigenvalue weighted by molar-refractivity contribution is -0.131. The molecule has 120 valence electrons. The van der Waals surface area contributed by atoms with E-state index in [9.17, 15) is 4.79 Å². The minimum atomic E-state index is 0. The highest BCUT2D eigenvalue weighted by Gasteiger charge is 2.29. The molecule has 1 heterocycles. The van der Waals surface area contributed by atoms with Gasteiger partial charge in [0.05, 0.1) is 5.71 Å². The number of hydrogen-bond acceptors (Lipinski definition) is 3. The summed E-state index contributed by atoms with van der Waals surface area (Å²) >= 11 is 0. The first-order valence-electron chi connectivity index (χ1n) is 6.89. The summed E-state index contributed by atoms with van der Waals surface area (Å²) in [6.07, 6.45) is 1.79. The van der Waals surface area contributed by atoms with E-state index in [1.165, 1.54) is 0 Å². The second-order valence-electron chi connectivity index (χ2n) is 6.93. The van der Waals surface area contributed by atoms with Gasteiger partial charge in [-0.25, -0.2) is 0 Å². The lowest BCUT2D eigenvalue weighted by atomic mass is 9.91. The first kappa shape index (κ1) is 21.2. The molecule has 1 amide bonds. The summed E-state index contributed by atoms with van der Waals surface area (Å²) in [4.78, 5) is 17.7. The third kappa shape index (κ3) is 7.51. The fourth-order valence-corrected chi connectivity index (χ4v) is 1.63. The average Bonchev–Trinajstić information content (AvgIpc) is 2.64. The van der Waals surface area contributed by atoms with Crippen molar-refractivity contribution in [3.63, 3.8) is 0 Å². The van der Waals surface area contributed by atoms with Crippen LogP contribution in [-0.2, 0) is 9.63 Å². The van der Waals surface area contributed by atoms with Gasteiger partial charge in [-0.1, -0.05) is 33.4 Å². The standard InChI is InChI=1S/C8H15NO.C7H15NO.CH4/c1-8(2,3)9-6-4-5-7(9)10;1-6(8-9-5)7(2,3)4;/h4-6H2,1-3H3;1-5H3;1H4/b;8-6+;. The quantitative estimate of drug-likeness (QED) is 0.538. The maximum absolute atomic E-state index is 11.1. The van der Waals surface area contributed by atoms with Crippen LogP contribution in [-0.4, -0.2) is 35.7 Å². The molecule has 0 N–H and O–H groups in total. The molecule has 20 heavy (non-hydrogen) atoms. The van der Waals surface area contributed by atoms with E-state index in [-0.39, 0.29) is 18.4 Å². The van der Waals surface area contributed by atoms with Gasteiger partial charge in [-0.15, -0.1) is 0 Å². The van der Waals surface area contributed by atoms with Gasteiger partial charge in [0.15, 0.2) is 0 Å². The maximum atomic E-state index is 11.1. The SMILES string of the molecule is C.CC(C)(C)N1CCCC1=O.CO/N=C(\C)C(C)(C)C. The largest absolute Gasteiger partial charge is 0.399 e. The predicted molar refractivity (Wildman–Crippen MR) is 87.0 cm³/mol. The van der Waals surface area contributed by atoms with Crippen molar-refractivity contribution in [2.75, 3.05) is 13.7 Å². The van der Waals surface area contributed by atoms with E-state index in [2.05, 4.69) is 51.5 Å². The molecule has 0 atom stereocenters. The molecule has 1 saturated heterocycles. The van der Waals surface area contributed by atoms with Crippen LogP contribution in [0.4, 0.5) is 0 Å². The monoisotopic (exact) mass is 286 g/mol. The fourth-order valence-electron chi connectivity index (χ4n) is 1.63. The number of nitrogens with zero attached hydrogens (tertiary/aromatic N) is 2. The highest BCUT2D eigenvalue weighted by Crippen LogP contribution is 2.20. The van der Waals surface area contributed by atoms with Gasteiger partial charge in [0.1, 0.15) is 7.11 Å². The van der Waals surface area contributed by atoms with E-state index in [4.69, 9.17) is 0 Å². The van der Waals surface area contributed by atoms with E-state index in [1.807, 2.05) is 11.8 Å². The smallest absolute Gasteiger partial charge is 0.223 e. The molecular formula is C16H34N2O2. The van der Waals surface area contributed by atoms with Gasteiger partial charge in [0.25, 0.3) is 0 Å². The summed E-state index contributed by atoms with van der Waals surface area (Å²) in [5, 5.41) is 3.81. The zero-order chi connectivity index (χ0) is 15.3. The molecule has 1 fully saturated rings. The van der Waals surface area contributed by atoms with E-state index >= 15 is 0 Å². The van der Waals surface area contributed by atoms with Crippen LogP contribution in [0.2, 0.25) is 0 Å². The average molecular weight is 286 g/mol. The molecule has 1 rings (SSSR count). The van der Waals surface area contributed by atoms with Crippen molar-refractivity contribution in [1.29, 1.82) is 0 Å². The molecule has 0 aromatic heterocycles. The Bertz CT molecular complexity index is 322. The third-order valence-electron chi connectivity index (χ3n) is 3.20. The molecule has 0 bridgehead atoms. The number of hydrogen-bond donors (Lipinski definition) is 0. The van der Waals surface area contributed by atoms with Crippen molar-refractivity contribution in [1.82, 2.24) is 4.90 Å². The normalized spacial score (nSPS) is 16.3. The van der Waals surface area contributed by atoms with Gasteiger partial charge in [-0.05, 0) is 34.1 Å². The summed E-state index contributed by atoms with van der Waals surface area (Å²) in [6, 6.07) is 0. The zero-order valence-electron chi connectivity index (χ0n) is 13.8. The van der Waals surface area contributed by atoms with Crippen LogP contribution in [0.25, 0.3) is 0 Å². The summed E-state index contributed by atoms with van der Waals surface area (Å²) in [7, 11) is 1.56. The molecule has 0 unspecified atom stereocenters. The lowest BCUT2D eigenvalue weighted by Gasteiger charge is -2.31. The molecule has 4 heteroatoms. The summed E-state index contributed by atoms with van der Waals surface area (Å²) in [5.74, 6) is 0.313. The van der Waals surface area contributed by atoms with E-state index in [0.29, 0.717) is 5.91 Å². The first-order valence-corrected chi connectivity index (χ1v) is 6.89. The van der Waals surface area contributed by atoms with Crippen molar-refractivity contribution in [3.05, 3.63) is 0 Å². The van der Waals surface area contributed by atoms with Crippen LogP contribution in [0.3, 0.4) is 0 Å². The van der Waals surface area contributed by atoms with Crippen molar-refractivity contribution in [2.45, 2.75) is 74.3 Å². The molecule has 0 spiro atoms. The van der Waals surface area contributed by atoms with Crippen molar-refractivity contribution < 1.29 is 9.63 Å². The number of rotatable bonds is 1. The highest BCUT2D eigenvalue weighted by atomic mass is 16.6. The summed E-state index contributed by atoms with van der Waals surface area (Å²) in [6.45, 7) is 15.5. The van der Waals surface area contributed by atoms with Gasteiger partial charge in [-0.3, -0.25) is 4.79 Å². The minimum Gasteiger partial charge on any atom is -0.399 e. The minimum absolute atomic E-state index is 0. The maximum Gasteiger partial charge on any atom is 0.223 e. The van der Waals surface area contributed by atoms with Crippen LogP contribution >= 0.6 is 0 Å². The Morgan fingerprint density at radius 1 is 1.20 bits per heavy atom. The Morgan fingerprint density at radius 3 is 1.85 bits per heavy atom. The number of likely N-dealkylation sites (tertiary alicyclic amines) is 1. The molecule has 4 nitrogen and oxygen atoms in total. The Labute approximate surface area is 125 Å². The Morgan fingerprint density at radius 2 is 1.70 bits per heavy atom. The fraction of sp³-hybridized carbons (Fsp3) is 0.875. The van der Waals surface area contributed by atoms with Gasteiger partial charge >= 0.3 is 0 Å². The topological polar surface area (TPSA) is 41.9 Å². The van der Waals surface area contributed by atoms with Crippen LogP contribution in [0.1, 0.15) is 68.7 Å². The van der Waals surface area contributed by atoms with Crippen LogP contribution in [0.15, 0.2) is 5.16 Å². The molecule has 0 saturated carbocycles. The molecule has 0 radical (unpaired) electrons.